The van der Waals surface area contributed by atoms with E-state index in [0.717, 1.165) is 25.7 Å². The van der Waals surface area contributed by atoms with Crippen molar-refractivity contribution < 1.29 is 9.53 Å². The number of ether oxygens (including phenoxy) is 1. The number of nitrogens with zero attached hydrogens (tertiary/aromatic N) is 1. The molecule has 19 heavy (non-hydrogen) atoms. The van der Waals surface area contributed by atoms with Crippen LogP contribution in [0.2, 0.25) is 0 Å². The van der Waals surface area contributed by atoms with E-state index in [1.807, 2.05) is 0 Å². The van der Waals surface area contributed by atoms with E-state index in [1.165, 1.54) is 39.2 Å². The van der Waals surface area contributed by atoms with Gasteiger partial charge in [0.1, 0.15) is 0 Å². The van der Waals surface area contributed by atoms with E-state index >= 15 is 0 Å². The molecule has 2 fully saturated rings. The van der Waals surface area contributed by atoms with Gasteiger partial charge in [0, 0.05) is 31.7 Å². The number of hydrogen-bond donors (Lipinski definition) is 1. The van der Waals surface area contributed by atoms with Crippen molar-refractivity contribution in [2.45, 2.75) is 57.5 Å². The first-order valence-electron chi connectivity index (χ1n) is 7.72. The van der Waals surface area contributed by atoms with Gasteiger partial charge in [0.2, 0.25) is 0 Å². The first-order valence-corrected chi connectivity index (χ1v) is 7.72. The summed E-state index contributed by atoms with van der Waals surface area (Å²) in [7, 11) is 1.46. The van der Waals surface area contributed by atoms with Crippen molar-refractivity contribution in [1.82, 2.24) is 10.2 Å². The highest BCUT2D eigenvalue weighted by atomic mass is 16.5. The number of esters is 1. The molecule has 1 N–H and O–H groups in total. The van der Waals surface area contributed by atoms with Gasteiger partial charge in [0.05, 0.1) is 13.5 Å². The van der Waals surface area contributed by atoms with Crippen LogP contribution in [0.5, 0.6) is 0 Å². The van der Waals surface area contributed by atoms with Gasteiger partial charge in [-0.2, -0.15) is 0 Å². The zero-order chi connectivity index (χ0) is 13.7. The fourth-order valence-electron chi connectivity index (χ4n) is 3.54. The first kappa shape index (κ1) is 14.8. The van der Waals surface area contributed by atoms with Gasteiger partial charge in [-0.25, -0.2) is 0 Å². The lowest BCUT2D eigenvalue weighted by Crippen LogP contribution is -2.51. The van der Waals surface area contributed by atoms with Crippen LogP contribution in [0.4, 0.5) is 0 Å². The second-order valence-corrected chi connectivity index (χ2v) is 6.27. The van der Waals surface area contributed by atoms with Crippen molar-refractivity contribution in [3.05, 3.63) is 0 Å². The SMILES string of the molecule is COC(=O)CCN1CC(C)CC(NC2CCCC2)C1. The molecule has 0 radical (unpaired) electrons. The van der Waals surface area contributed by atoms with Gasteiger partial charge in [0.15, 0.2) is 0 Å². The molecule has 2 aliphatic rings. The molecule has 0 aromatic carbocycles. The summed E-state index contributed by atoms with van der Waals surface area (Å²) in [5.74, 6) is 0.615. The molecule has 2 unspecified atom stereocenters. The van der Waals surface area contributed by atoms with E-state index in [0.29, 0.717) is 18.4 Å². The zero-order valence-corrected chi connectivity index (χ0v) is 12.4. The number of likely N-dealkylation sites (tertiary alicyclic amines) is 1. The van der Waals surface area contributed by atoms with Gasteiger partial charge < -0.3 is 15.0 Å². The third-order valence-electron chi connectivity index (χ3n) is 4.42. The fraction of sp³-hybridized carbons (Fsp3) is 0.933. The van der Waals surface area contributed by atoms with E-state index in [2.05, 4.69) is 17.1 Å². The highest BCUT2D eigenvalue weighted by molar-refractivity contribution is 5.69. The number of piperidine rings is 1. The number of rotatable bonds is 5. The molecule has 1 heterocycles. The first-order chi connectivity index (χ1) is 9.17. The number of carbonyl (C=O) groups excluding carboxylic acids is 1. The summed E-state index contributed by atoms with van der Waals surface area (Å²) < 4.78 is 4.72. The highest BCUT2D eigenvalue weighted by Crippen LogP contribution is 2.22. The molecule has 2 rings (SSSR count). The van der Waals surface area contributed by atoms with Gasteiger partial charge in [0.25, 0.3) is 0 Å². The minimum atomic E-state index is -0.0986. The summed E-state index contributed by atoms with van der Waals surface area (Å²) in [5, 5.41) is 3.82. The maximum absolute atomic E-state index is 11.2. The van der Waals surface area contributed by atoms with Crippen LogP contribution in [0.15, 0.2) is 0 Å². The zero-order valence-electron chi connectivity index (χ0n) is 12.4. The summed E-state index contributed by atoms with van der Waals surface area (Å²) in [5.41, 5.74) is 0. The molecule has 0 aromatic heterocycles. The lowest BCUT2D eigenvalue weighted by Gasteiger charge is -2.38. The molecule has 0 spiro atoms. The van der Waals surface area contributed by atoms with Crippen LogP contribution in [0.25, 0.3) is 0 Å². The van der Waals surface area contributed by atoms with Gasteiger partial charge in [-0.15, -0.1) is 0 Å². The molecule has 0 bridgehead atoms. The predicted octanol–water partition coefficient (Wildman–Crippen LogP) is 1.79. The summed E-state index contributed by atoms with van der Waals surface area (Å²) in [6.07, 6.45) is 7.22. The van der Waals surface area contributed by atoms with Gasteiger partial charge >= 0.3 is 5.97 Å². The normalized spacial score (nSPS) is 29.6. The van der Waals surface area contributed by atoms with Crippen molar-refractivity contribution in [2.24, 2.45) is 5.92 Å². The van der Waals surface area contributed by atoms with Crippen LogP contribution in [0, 0.1) is 5.92 Å². The summed E-state index contributed by atoms with van der Waals surface area (Å²) >= 11 is 0. The maximum atomic E-state index is 11.2. The quantitative estimate of drug-likeness (QED) is 0.772. The van der Waals surface area contributed by atoms with Crippen molar-refractivity contribution in [2.75, 3.05) is 26.7 Å². The molecule has 0 aromatic rings. The molecule has 4 heteroatoms. The number of hydrogen-bond acceptors (Lipinski definition) is 4. The lowest BCUT2D eigenvalue weighted by molar-refractivity contribution is -0.141. The van der Waals surface area contributed by atoms with E-state index in [1.54, 1.807) is 0 Å². The summed E-state index contributed by atoms with van der Waals surface area (Å²) in [4.78, 5) is 13.6. The smallest absolute Gasteiger partial charge is 0.306 e. The average molecular weight is 268 g/mol. The molecule has 0 amide bonds. The van der Waals surface area contributed by atoms with Crippen LogP contribution in [-0.4, -0.2) is 49.7 Å². The molecule has 1 saturated heterocycles. The Labute approximate surface area is 116 Å². The van der Waals surface area contributed by atoms with Crippen LogP contribution in [0.3, 0.4) is 0 Å². The third kappa shape index (κ3) is 4.77. The van der Waals surface area contributed by atoms with E-state index in [9.17, 15) is 4.79 Å². The Balaban J connectivity index is 1.76. The molecular formula is C15H28N2O2. The predicted molar refractivity (Wildman–Crippen MR) is 76.0 cm³/mol. The van der Waals surface area contributed by atoms with Crippen LogP contribution in [-0.2, 0) is 9.53 Å². The largest absolute Gasteiger partial charge is 0.469 e. The number of nitrogens with one attached hydrogen (secondary N) is 1. The maximum Gasteiger partial charge on any atom is 0.306 e. The van der Waals surface area contributed by atoms with E-state index in [-0.39, 0.29) is 5.97 Å². The molecule has 4 nitrogen and oxygen atoms in total. The van der Waals surface area contributed by atoms with E-state index < -0.39 is 0 Å². The standard InChI is InChI=1S/C15H28N2O2/c1-12-9-14(16-13-5-3-4-6-13)11-17(10-12)8-7-15(18)19-2/h12-14,16H,3-11H2,1-2H3. The van der Waals surface area contributed by atoms with Crippen LogP contribution < -0.4 is 5.32 Å². The van der Waals surface area contributed by atoms with Crippen LogP contribution >= 0.6 is 0 Å². The molecule has 110 valence electrons. The Morgan fingerprint density at radius 1 is 1.26 bits per heavy atom. The fourth-order valence-corrected chi connectivity index (χ4v) is 3.54. The lowest BCUT2D eigenvalue weighted by atomic mass is 9.95. The molecular weight excluding hydrogens is 240 g/mol. The monoisotopic (exact) mass is 268 g/mol. The van der Waals surface area contributed by atoms with Crippen molar-refractivity contribution in [1.29, 1.82) is 0 Å². The average Bonchev–Trinajstić information content (AvgIpc) is 2.88. The molecule has 1 aliphatic heterocycles. The topological polar surface area (TPSA) is 41.6 Å². The Morgan fingerprint density at radius 3 is 2.68 bits per heavy atom. The minimum Gasteiger partial charge on any atom is -0.469 e. The second-order valence-electron chi connectivity index (χ2n) is 6.27. The van der Waals surface area contributed by atoms with Crippen molar-refractivity contribution in [3.63, 3.8) is 0 Å². The van der Waals surface area contributed by atoms with Gasteiger partial charge in [-0.1, -0.05) is 19.8 Å². The second kappa shape index (κ2) is 7.25. The summed E-state index contributed by atoms with van der Waals surface area (Å²) in [6, 6.07) is 1.34. The molecule has 2 atom stereocenters. The Morgan fingerprint density at radius 2 is 2.00 bits per heavy atom. The van der Waals surface area contributed by atoms with E-state index in [4.69, 9.17) is 4.74 Å². The molecule has 1 aliphatic carbocycles. The number of methoxy groups -OCH3 is 1. The Bertz CT molecular complexity index is 290. The minimum absolute atomic E-state index is 0.0986. The third-order valence-corrected chi connectivity index (χ3v) is 4.42. The Hall–Kier alpha value is -0.610. The van der Waals surface area contributed by atoms with Gasteiger partial charge in [-0.3, -0.25) is 4.79 Å². The highest BCUT2D eigenvalue weighted by Gasteiger charge is 2.27. The van der Waals surface area contributed by atoms with Crippen LogP contribution in [0.1, 0.15) is 45.4 Å². The summed E-state index contributed by atoms with van der Waals surface area (Å²) in [6.45, 7) is 5.34. The van der Waals surface area contributed by atoms with Crippen molar-refractivity contribution >= 4 is 5.97 Å². The Kier molecular flexibility index (Phi) is 5.64. The molecule has 1 saturated carbocycles. The van der Waals surface area contributed by atoms with Crippen molar-refractivity contribution in [3.8, 4) is 0 Å². The van der Waals surface area contributed by atoms with Gasteiger partial charge in [-0.05, 0) is 25.2 Å². The number of carbonyl (C=O) groups is 1.